The van der Waals surface area contributed by atoms with Gasteiger partial charge in [-0.05, 0) is 37.0 Å². The molecule has 166 valence electrons. The molecule has 4 rings (SSSR count). The first kappa shape index (κ1) is 21.5. The summed E-state index contributed by atoms with van der Waals surface area (Å²) in [6, 6.07) is 3.55. The van der Waals surface area contributed by atoms with Crippen molar-refractivity contribution in [3.8, 4) is 11.3 Å². The number of alkyl halides is 2. The molecule has 0 radical (unpaired) electrons. The Hall–Kier alpha value is -2.75. The van der Waals surface area contributed by atoms with Crippen LogP contribution in [0, 0.1) is 11.7 Å². The molecule has 2 aliphatic rings. The van der Waals surface area contributed by atoms with Crippen molar-refractivity contribution >= 4 is 23.5 Å². The molecule has 7 nitrogen and oxygen atoms in total. The Morgan fingerprint density at radius 2 is 2.03 bits per heavy atom. The first-order valence-electron chi connectivity index (χ1n) is 9.91. The Kier molecular flexibility index (Phi) is 5.83. The van der Waals surface area contributed by atoms with Crippen LogP contribution in [0.2, 0.25) is 5.02 Å². The van der Waals surface area contributed by atoms with Crippen LogP contribution in [-0.2, 0) is 13.1 Å². The molecule has 1 aromatic heterocycles. The summed E-state index contributed by atoms with van der Waals surface area (Å²) in [5, 5.41) is 7.19. The van der Waals surface area contributed by atoms with Gasteiger partial charge in [0.15, 0.2) is 0 Å². The van der Waals surface area contributed by atoms with Crippen LogP contribution < -0.4 is 11.1 Å². The van der Waals surface area contributed by atoms with Crippen molar-refractivity contribution in [2.45, 2.75) is 44.8 Å². The smallest absolute Gasteiger partial charge is 0.318 e. The highest BCUT2D eigenvalue weighted by Crippen LogP contribution is 2.33. The molecule has 0 unspecified atom stereocenters. The molecule has 1 aromatic carbocycles. The minimum atomic E-state index is -2.33. The topological polar surface area (TPSA) is 93.2 Å². The quantitative estimate of drug-likeness (QED) is 0.723. The van der Waals surface area contributed by atoms with Crippen molar-refractivity contribution in [2.24, 2.45) is 11.7 Å². The first-order valence-corrected chi connectivity index (χ1v) is 10.3. The third kappa shape index (κ3) is 4.34. The van der Waals surface area contributed by atoms with Gasteiger partial charge in [-0.1, -0.05) is 11.6 Å². The van der Waals surface area contributed by atoms with Crippen LogP contribution in [0.1, 0.15) is 35.3 Å². The first-order chi connectivity index (χ1) is 14.7. The lowest BCUT2D eigenvalue weighted by Gasteiger charge is -2.38. The molecule has 3 amide bonds. The molecule has 2 aromatic rings. The summed E-state index contributed by atoms with van der Waals surface area (Å²) in [7, 11) is 0. The van der Waals surface area contributed by atoms with E-state index in [-0.39, 0.29) is 47.2 Å². The highest BCUT2D eigenvalue weighted by Gasteiger charge is 2.35. The number of halogens is 4. The van der Waals surface area contributed by atoms with Gasteiger partial charge in [-0.2, -0.15) is 5.10 Å². The van der Waals surface area contributed by atoms with E-state index in [1.54, 1.807) is 4.68 Å². The summed E-state index contributed by atoms with van der Waals surface area (Å²) in [6.45, 7) is 0.811. The SMILES string of the molecule is NC(=O)c1c(-c2ccc(F)c(Cl)c2)nn2c1CN(C(=O)NC1CC(CC(F)F)C1)CC2. The Bertz CT molecular complexity index is 1020. The third-order valence-corrected chi connectivity index (χ3v) is 6.07. The second-order valence-electron chi connectivity index (χ2n) is 7.92. The summed E-state index contributed by atoms with van der Waals surface area (Å²) in [5.41, 5.74) is 6.95. The van der Waals surface area contributed by atoms with Gasteiger partial charge >= 0.3 is 6.03 Å². The molecule has 0 spiro atoms. The van der Waals surface area contributed by atoms with E-state index in [0.717, 1.165) is 0 Å². The number of urea groups is 1. The number of fused-ring (bicyclic) bond motifs is 1. The Morgan fingerprint density at radius 1 is 1.29 bits per heavy atom. The summed E-state index contributed by atoms with van der Waals surface area (Å²) in [5.74, 6) is -1.38. The predicted octanol–water partition coefficient (Wildman–Crippen LogP) is 3.40. The van der Waals surface area contributed by atoms with E-state index in [4.69, 9.17) is 17.3 Å². The van der Waals surface area contributed by atoms with Crippen LogP contribution in [-0.4, -0.2) is 45.6 Å². The predicted molar refractivity (Wildman–Crippen MR) is 107 cm³/mol. The van der Waals surface area contributed by atoms with Gasteiger partial charge in [0.2, 0.25) is 6.43 Å². The van der Waals surface area contributed by atoms with Crippen LogP contribution in [0.15, 0.2) is 18.2 Å². The van der Waals surface area contributed by atoms with Gasteiger partial charge in [0.1, 0.15) is 11.5 Å². The van der Waals surface area contributed by atoms with Crippen molar-refractivity contribution in [3.63, 3.8) is 0 Å². The molecule has 1 aliphatic heterocycles. The van der Waals surface area contributed by atoms with E-state index in [1.165, 1.54) is 23.1 Å². The number of primary amides is 1. The third-order valence-electron chi connectivity index (χ3n) is 5.78. The van der Waals surface area contributed by atoms with Crippen molar-refractivity contribution in [1.82, 2.24) is 20.0 Å². The van der Waals surface area contributed by atoms with E-state index in [0.29, 0.717) is 37.2 Å². The average molecular weight is 456 g/mol. The summed E-state index contributed by atoms with van der Waals surface area (Å²) in [6.07, 6.45) is -1.41. The largest absolute Gasteiger partial charge is 0.365 e. The van der Waals surface area contributed by atoms with Gasteiger partial charge in [0.25, 0.3) is 5.91 Å². The molecular formula is C20H21ClF3N5O2. The fraction of sp³-hybridized carbons (Fsp3) is 0.450. The Morgan fingerprint density at radius 3 is 2.68 bits per heavy atom. The molecule has 2 heterocycles. The zero-order valence-electron chi connectivity index (χ0n) is 16.5. The Labute approximate surface area is 181 Å². The zero-order chi connectivity index (χ0) is 22.3. The van der Waals surface area contributed by atoms with Crippen molar-refractivity contribution in [1.29, 1.82) is 0 Å². The van der Waals surface area contributed by atoms with Crippen LogP contribution in [0.25, 0.3) is 11.3 Å². The number of nitrogens with zero attached hydrogens (tertiary/aromatic N) is 3. The van der Waals surface area contributed by atoms with Crippen LogP contribution in [0.4, 0.5) is 18.0 Å². The normalized spacial score (nSPS) is 20.4. The summed E-state index contributed by atoms with van der Waals surface area (Å²) in [4.78, 5) is 26.4. The van der Waals surface area contributed by atoms with Gasteiger partial charge in [0.05, 0.1) is 29.4 Å². The number of aromatic nitrogens is 2. The number of carbonyl (C=O) groups excluding carboxylic acids is 2. The molecule has 0 atom stereocenters. The number of benzene rings is 1. The molecule has 1 fully saturated rings. The van der Waals surface area contributed by atoms with Gasteiger partial charge in [0, 0.05) is 24.6 Å². The van der Waals surface area contributed by atoms with E-state index in [2.05, 4.69) is 10.4 Å². The molecule has 1 saturated carbocycles. The van der Waals surface area contributed by atoms with E-state index in [9.17, 15) is 22.8 Å². The maximum Gasteiger partial charge on any atom is 0.318 e. The lowest BCUT2D eigenvalue weighted by molar-refractivity contribution is 0.0777. The lowest BCUT2D eigenvalue weighted by atomic mass is 9.78. The van der Waals surface area contributed by atoms with Crippen molar-refractivity contribution in [3.05, 3.63) is 40.3 Å². The van der Waals surface area contributed by atoms with Crippen molar-refractivity contribution < 1.29 is 22.8 Å². The standard InChI is InChI=1S/C20H21ClF3N5O2/c21-13-8-11(1-2-14(13)22)18-17(19(25)30)15-9-28(3-4-29(15)27-18)20(31)26-12-5-10(6-12)7-16(23)24/h1-2,8,10,12,16H,3-7,9H2,(H2,25,30)(H,26,31). The van der Waals surface area contributed by atoms with Crippen molar-refractivity contribution in [2.75, 3.05) is 6.54 Å². The van der Waals surface area contributed by atoms with Gasteiger partial charge in [-0.3, -0.25) is 9.48 Å². The second kappa shape index (κ2) is 8.41. The van der Waals surface area contributed by atoms with Crippen LogP contribution in [0.3, 0.4) is 0 Å². The molecule has 1 aliphatic carbocycles. The number of hydrogen-bond acceptors (Lipinski definition) is 3. The van der Waals surface area contributed by atoms with E-state index < -0.39 is 18.1 Å². The number of carbonyl (C=O) groups is 2. The Balaban J connectivity index is 1.50. The molecule has 0 saturated heterocycles. The number of rotatable bonds is 5. The minimum absolute atomic E-state index is 0.0698. The van der Waals surface area contributed by atoms with E-state index >= 15 is 0 Å². The van der Waals surface area contributed by atoms with Gasteiger partial charge < -0.3 is 16.0 Å². The monoisotopic (exact) mass is 455 g/mol. The van der Waals surface area contributed by atoms with Gasteiger partial charge in [-0.15, -0.1) is 0 Å². The van der Waals surface area contributed by atoms with E-state index in [1.807, 2.05) is 0 Å². The molecule has 0 bridgehead atoms. The fourth-order valence-corrected chi connectivity index (χ4v) is 4.34. The lowest BCUT2D eigenvalue weighted by Crippen LogP contribution is -2.51. The molecule has 11 heteroatoms. The molecular weight excluding hydrogens is 435 g/mol. The number of nitrogens with one attached hydrogen (secondary N) is 1. The second-order valence-corrected chi connectivity index (χ2v) is 8.33. The number of amides is 3. The highest BCUT2D eigenvalue weighted by atomic mass is 35.5. The fourth-order valence-electron chi connectivity index (χ4n) is 4.16. The molecule has 31 heavy (non-hydrogen) atoms. The van der Waals surface area contributed by atoms with Gasteiger partial charge in [-0.25, -0.2) is 18.0 Å². The number of hydrogen-bond donors (Lipinski definition) is 2. The van der Waals surface area contributed by atoms with Crippen LogP contribution >= 0.6 is 11.6 Å². The zero-order valence-corrected chi connectivity index (χ0v) is 17.2. The highest BCUT2D eigenvalue weighted by molar-refractivity contribution is 6.31. The summed E-state index contributed by atoms with van der Waals surface area (Å²) >= 11 is 5.86. The summed E-state index contributed by atoms with van der Waals surface area (Å²) < 4.78 is 40.0. The van der Waals surface area contributed by atoms with Crippen LogP contribution in [0.5, 0.6) is 0 Å². The maximum absolute atomic E-state index is 13.5. The average Bonchev–Trinajstić information content (AvgIpc) is 3.06. The number of nitrogens with two attached hydrogens (primary N) is 1. The maximum atomic E-state index is 13.5. The molecule has 3 N–H and O–H groups in total. The minimum Gasteiger partial charge on any atom is -0.365 e.